The first kappa shape index (κ1) is 86.1. The third kappa shape index (κ3) is 22.1. The fourth-order valence-electron chi connectivity index (χ4n) is 16.7. The van der Waals surface area contributed by atoms with Gasteiger partial charge in [-0.2, -0.15) is 0 Å². The van der Waals surface area contributed by atoms with Crippen LogP contribution in [0.1, 0.15) is 198 Å². The zero-order chi connectivity index (χ0) is 77.9. The maximum absolute atomic E-state index is 15.8. The minimum atomic E-state index is -1.61. The lowest BCUT2D eigenvalue weighted by atomic mass is 9.58. The Kier molecular flexibility index (Phi) is 30.6. The first-order valence-electron chi connectivity index (χ1n) is 38.7. The summed E-state index contributed by atoms with van der Waals surface area (Å²) in [4.78, 5) is 195. The molecular formula is C77H126Cl2N12O14. The topological polar surface area (TPSA) is 289 Å². The smallest absolute Gasteiger partial charge is 0.248 e. The number of hydrogen-bond donors (Lipinski definition) is 3. The predicted octanol–water partition coefficient (Wildman–Crippen LogP) is 5.96. The van der Waals surface area contributed by atoms with Crippen molar-refractivity contribution in [2.24, 2.45) is 34.5 Å². The molecule has 0 radical (unpaired) electrons. The van der Waals surface area contributed by atoms with Crippen LogP contribution in [-0.4, -0.2) is 287 Å². The zero-order valence-electron chi connectivity index (χ0n) is 66.0. The number of likely N-dealkylation sites (N-methyl/N-ethyl adjacent to an activating group) is 6. The molecule has 1 spiro atoms. The molecule has 3 unspecified atom stereocenters. The van der Waals surface area contributed by atoms with Gasteiger partial charge in [-0.25, -0.2) is 0 Å². The largest absolute Gasteiger partial charge is 0.379 e. The van der Waals surface area contributed by atoms with E-state index in [1.807, 2.05) is 53.7 Å². The van der Waals surface area contributed by atoms with Gasteiger partial charge in [-0.1, -0.05) is 99.6 Å². The van der Waals surface area contributed by atoms with Crippen molar-refractivity contribution in [3.8, 4) is 0 Å². The van der Waals surface area contributed by atoms with Crippen LogP contribution in [0.5, 0.6) is 0 Å². The van der Waals surface area contributed by atoms with E-state index < -0.39 is 167 Å². The lowest BCUT2D eigenvalue weighted by molar-refractivity contribution is -0.160. The Morgan fingerprint density at radius 3 is 1.91 bits per heavy atom. The average Bonchev–Trinajstić information content (AvgIpc) is 1.20. The molecule has 13 atom stereocenters. The Labute approximate surface area is 634 Å². The van der Waals surface area contributed by atoms with E-state index in [0.29, 0.717) is 50.9 Å². The Hall–Kier alpha value is -6.12. The fraction of sp³-hybridized carbons (Fsp3) is 0.818. The summed E-state index contributed by atoms with van der Waals surface area (Å²) in [6.07, 6.45) is 11.2. The zero-order valence-corrected chi connectivity index (χ0v) is 67.5. The molecule has 4 saturated carbocycles. The second-order valence-electron chi connectivity index (χ2n) is 33.8. The summed E-state index contributed by atoms with van der Waals surface area (Å²) in [7, 11) is 10.2. The van der Waals surface area contributed by atoms with Crippen molar-refractivity contribution >= 4 is 94.1 Å². The van der Waals surface area contributed by atoms with Gasteiger partial charge in [-0.05, 0) is 132 Å². The van der Waals surface area contributed by atoms with Gasteiger partial charge < -0.3 is 69.5 Å². The molecule has 7 aliphatic rings. The molecule has 4 aliphatic carbocycles. The normalized spacial score (nSPS) is 31.9. The van der Waals surface area contributed by atoms with Crippen LogP contribution in [0.3, 0.4) is 0 Å². The van der Waals surface area contributed by atoms with Crippen molar-refractivity contribution in [3.05, 3.63) is 12.2 Å². The van der Waals surface area contributed by atoms with Crippen molar-refractivity contribution < 1.29 is 67.0 Å². The predicted molar refractivity (Wildman–Crippen MR) is 401 cm³/mol. The Morgan fingerprint density at radius 1 is 0.667 bits per heavy atom. The van der Waals surface area contributed by atoms with Gasteiger partial charge in [0.2, 0.25) is 70.9 Å². The van der Waals surface area contributed by atoms with Crippen molar-refractivity contribution in [2.75, 3.05) is 95.3 Å². The maximum Gasteiger partial charge on any atom is 0.248 e. The van der Waals surface area contributed by atoms with Crippen molar-refractivity contribution in [1.82, 2.24) is 60.0 Å². The second-order valence-corrected chi connectivity index (χ2v) is 34.9. The number of nitrogens with zero attached hydrogens (tertiary/aromatic N) is 9. The van der Waals surface area contributed by atoms with E-state index in [4.69, 9.17) is 32.7 Å². The number of fused-ring (bicyclic) bond motifs is 3. The molecule has 2 bridgehead atoms. The van der Waals surface area contributed by atoms with Gasteiger partial charge in [0.15, 0.2) is 0 Å². The quantitative estimate of drug-likeness (QED) is 0.126. The highest BCUT2D eigenvalue weighted by molar-refractivity contribution is 6.30. The molecule has 3 N–H and O–H groups in total. The third-order valence-electron chi connectivity index (χ3n) is 23.3. The van der Waals surface area contributed by atoms with Crippen LogP contribution in [0.4, 0.5) is 0 Å². The van der Waals surface area contributed by atoms with Gasteiger partial charge in [0.05, 0.1) is 31.1 Å². The van der Waals surface area contributed by atoms with Gasteiger partial charge in [0.25, 0.3) is 0 Å². The van der Waals surface area contributed by atoms with Crippen LogP contribution in [0, 0.1) is 34.5 Å². The number of ether oxygens (including phenoxy) is 2. The third-order valence-corrected chi connectivity index (χ3v) is 24.4. The van der Waals surface area contributed by atoms with Gasteiger partial charge in [0.1, 0.15) is 60.4 Å². The Morgan fingerprint density at radius 2 is 1.32 bits per heavy atom. The van der Waals surface area contributed by atoms with Crippen molar-refractivity contribution in [2.45, 2.75) is 274 Å². The summed E-state index contributed by atoms with van der Waals surface area (Å²) in [6, 6.07) is -10.4. The number of hydrogen-bond acceptors (Lipinski definition) is 14. The van der Waals surface area contributed by atoms with E-state index in [1.54, 1.807) is 25.7 Å². The number of halogens is 2. The molecule has 2 saturated heterocycles. The summed E-state index contributed by atoms with van der Waals surface area (Å²) in [6.45, 7) is 18.1. The van der Waals surface area contributed by atoms with Gasteiger partial charge in [0, 0.05) is 93.5 Å². The summed E-state index contributed by atoms with van der Waals surface area (Å²) in [5.41, 5.74) is -2.74. The Balaban J connectivity index is 1.34. The average molecular weight is 1510 g/mol. The van der Waals surface area contributed by atoms with Gasteiger partial charge in [-0.15, -0.1) is 23.2 Å². The molecule has 0 aromatic carbocycles. The van der Waals surface area contributed by atoms with E-state index in [1.165, 1.54) is 78.7 Å². The molecule has 105 heavy (non-hydrogen) atoms. The first-order chi connectivity index (χ1) is 49.3. The first-order valence-corrected chi connectivity index (χ1v) is 39.6. The number of rotatable bonds is 15. The van der Waals surface area contributed by atoms with E-state index >= 15 is 38.4 Å². The number of carbonyl (C=O) groups excluding carboxylic acids is 12. The van der Waals surface area contributed by atoms with E-state index in [0.717, 1.165) is 41.9 Å². The van der Waals surface area contributed by atoms with Crippen LogP contribution in [-0.2, 0) is 67.0 Å². The highest BCUT2D eigenvalue weighted by atomic mass is 35.5. The van der Waals surface area contributed by atoms with E-state index in [9.17, 15) is 19.2 Å². The summed E-state index contributed by atoms with van der Waals surface area (Å²) >= 11 is 13.4. The van der Waals surface area contributed by atoms with Crippen LogP contribution in [0.2, 0.25) is 0 Å². The van der Waals surface area contributed by atoms with Gasteiger partial charge >= 0.3 is 0 Å². The van der Waals surface area contributed by atoms with Crippen LogP contribution < -0.4 is 16.0 Å². The summed E-state index contributed by atoms with van der Waals surface area (Å²) in [5.74, 6) is -7.34. The molecule has 6 fully saturated rings. The summed E-state index contributed by atoms with van der Waals surface area (Å²) in [5, 5.41) is 8.51. The number of nitrogens with one attached hydrogen (secondary N) is 3. The van der Waals surface area contributed by atoms with Crippen molar-refractivity contribution in [3.63, 3.8) is 0 Å². The molecule has 0 aromatic rings. The lowest BCUT2D eigenvalue weighted by Gasteiger charge is -2.54. The fourth-order valence-corrected chi connectivity index (χ4v) is 17.3. The Bertz CT molecular complexity index is 3130. The van der Waals surface area contributed by atoms with Crippen molar-refractivity contribution in [1.29, 1.82) is 0 Å². The van der Waals surface area contributed by atoms with Crippen LogP contribution in [0.15, 0.2) is 12.2 Å². The highest BCUT2D eigenvalue weighted by Crippen LogP contribution is 2.50. The van der Waals surface area contributed by atoms with Crippen LogP contribution in [0.25, 0.3) is 0 Å². The maximum atomic E-state index is 15.8. The lowest BCUT2D eigenvalue weighted by Crippen LogP contribution is -2.71. The minimum absolute atomic E-state index is 0.0336. The molecule has 26 nitrogen and oxygen atoms in total. The summed E-state index contributed by atoms with van der Waals surface area (Å²) < 4.78 is 12.0. The van der Waals surface area contributed by atoms with Crippen LogP contribution >= 0.6 is 23.2 Å². The molecule has 3 heterocycles. The molecule has 7 rings (SSSR count). The number of alkyl halides is 2. The molecule has 592 valence electrons. The standard InChI is InChI=1S/C77H126Cl2N12O14/c1-18-48(5)65-73(102)90(51-31-32-51)43-64(94)85(14)56-24-22-21-23-35-89(72(56)101)59(37-50-27-25-47(4)26-28-50)70(99)84(13)42-62(92)80-55(34-30-49-29-33-53(78)54(79)36-49)68(97)91-41-52(105-20-3)38-57(91)67(96)82-77(45-76(9,10)46-77)74(103)88(17)60(40-75(6,7)8)71(100)87(16)58(69(98)83(11)12)39-63(93)86(15)61(44-104-19-2)66(95)81-65/h21-22,47-61,65H,18-20,23-46H2,1-17H3,(H,80,92)(H,81,95)(H,82,96)/b22-21-/t47?,48-,49?,50?,52+,53?,54?,55-,56-,57-,58-,59-,60-,61-,65-/m0/s1. The molecule has 3 aliphatic heterocycles. The molecule has 12 amide bonds. The molecule has 0 aromatic heterocycles. The van der Waals surface area contributed by atoms with Gasteiger partial charge in [-0.3, -0.25) is 57.5 Å². The number of amides is 12. The number of carbonyl (C=O) groups is 12. The molecular weight excluding hydrogens is 1390 g/mol. The second kappa shape index (κ2) is 37.3. The van der Waals surface area contributed by atoms with E-state index in [2.05, 4.69) is 22.9 Å². The molecule has 28 heteroatoms. The SMILES string of the molecule is CCOC[C@H]1C(=O)N[C@@H]([C@@H](C)CC)C(=O)N(C2CC2)CC(=O)N(C)[C@H]2C/C=C\CCN(C2=O)[C@@H](CC2CCC(C)CC2)C(=O)N(C)CC(=O)N[C@@H](CCC2CCC(Cl)C(Cl)C2)C(=O)N2C[C@H](OCC)C[C@H]2C(=O)NC2(CC(C)(C)C2)C(=O)N(C)[C@@H](CC(C)(C)C)C(=O)N(C)[C@H](C(=O)N(C)C)CC(=O)N1C. The highest BCUT2D eigenvalue weighted by Gasteiger charge is 2.59. The van der Waals surface area contributed by atoms with E-state index in [-0.39, 0.29) is 106 Å². The monoisotopic (exact) mass is 1510 g/mol. The minimum Gasteiger partial charge on any atom is -0.379 e.